The molecule has 18 heteroatoms. The first-order valence-corrected chi connectivity index (χ1v) is 26.8. The van der Waals surface area contributed by atoms with Crippen molar-refractivity contribution in [3.63, 3.8) is 0 Å². The molecule has 2 aliphatic carbocycles. The first-order chi connectivity index (χ1) is 34.1. The maximum Gasteiger partial charge on any atom is 0.508 e. The van der Waals surface area contributed by atoms with Crippen LogP contribution in [0.2, 0.25) is 0 Å². The van der Waals surface area contributed by atoms with Crippen molar-refractivity contribution in [3.05, 3.63) is 77.7 Å². The molecule has 1 spiro atoms. The number of carbonyl (C=O) groups excluding carboxylic acids is 5. The largest absolute Gasteiger partial charge is 0.508 e. The van der Waals surface area contributed by atoms with Crippen LogP contribution >= 0.6 is 0 Å². The molecule has 5 fully saturated rings. The van der Waals surface area contributed by atoms with Crippen LogP contribution in [-0.2, 0) is 60.3 Å². The number of benzene rings is 2. The van der Waals surface area contributed by atoms with E-state index in [4.69, 9.17) is 28.7 Å². The highest BCUT2D eigenvalue weighted by Gasteiger charge is 2.62. The van der Waals surface area contributed by atoms with Gasteiger partial charge in [0, 0.05) is 93.5 Å². The highest BCUT2D eigenvalue weighted by molar-refractivity contribution is 7.88. The van der Waals surface area contributed by atoms with E-state index in [1.165, 1.54) is 17.4 Å². The van der Waals surface area contributed by atoms with Gasteiger partial charge in [0.15, 0.2) is 0 Å². The molecule has 3 saturated heterocycles. The first kappa shape index (κ1) is 55.4. The number of carbonyl (C=O) groups is 5. The number of hydrogen-bond acceptors (Lipinski definition) is 12. The van der Waals surface area contributed by atoms with Crippen LogP contribution in [-0.4, -0.2) is 126 Å². The van der Waals surface area contributed by atoms with Gasteiger partial charge in [-0.3, -0.25) is 14.4 Å². The van der Waals surface area contributed by atoms with Gasteiger partial charge in [-0.25, -0.2) is 13.8 Å². The molecule has 2 saturated carbocycles. The lowest BCUT2D eigenvalue weighted by Gasteiger charge is -2.50. The third kappa shape index (κ3) is 16.6. The van der Waals surface area contributed by atoms with Crippen molar-refractivity contribution in [2.75, 3.05) is 59.1 Å². The molecule has 8 atom stereocenters. The summed E-state index contributed by atoms with van der Waals surface area (Å²) in [6.07, 6.45) is 7.95. The summed E-state index contributed by atoms with van der Waals surface area (Å²) in [4.78, 5) is 81.5. The number of urea groups is 1. The zero-order valence-electron chi connectivity index (χ0n) is 42.4. The zero-order chi connectivity index (χ0) is 50.9. The van der Waals surface area contributed by atoms with Gasteiger partial charge in [0.2, 0.25) is 29.3 Å². The van der Waals surface area contributed by atoms with Gasteiger partial charge < -0.3 is 44.7 Å². The molecular formula is C53H77N5O12S. The van der Waals surface area contributed by atoms with E-state index in [2.05, 4.69) is 61.0 Å². The second-order valence-corrected chi connectivity index (χ2v) is 21.5. The number of likely N-dealkylation sites (tertiary alicyclic amines) is 1. The van der Waals surface area contributed by atoms with E-state index in [0.29, 0.717) is 69.0 Å². The second kappa shape index (κ2) is 26.7. The highest BCUT2D eigenvalue weighted by atomic mass is 32.2. The third-order valence-corrected chi connectivity index (χ3v) is 15.2. The molecule has 0 aromatic heterocycles. The van der Waals surface area contributed by atoms with Crippen LogP contribution in [0, 0.1) is 23.7 Å². The Morgan fingerprint density at radius 1 is 0.930 bits per heavy atom. The lowest BCUT2D eigenvalue weighted by Crippen LogP contribution is -2.55. The number of rotatable bonds is 20. The molecule has 71 heavy (non-hydrogen) atoms. The van der Waals surface area contributed by atoms with Crippen LogP contribution in [0.5, 0.6) is 0 Å². The zero-order valence-corrected chi connectivity index (χ0v) is 43.2. The molecule has 392 valence electrons. The summed E-state index contributed by atoms with van der Waals surface area (Å²) >= 11 is 0. The predicted molar refractivity (Wildman–Crippen MR) is 266 cm³/mol. The molecule has 0 radical (unpaired) electrons. The molecule has 3 heterocycles. The first-order valence-electron chi connectivity index (χ1n) is 25.6. The van der Waals surface area contributed by atoms with Gasteiger partial charge in [-0.15, -0.1) is 0 Å². The van der Waals surface area contributed by atoms with Crippen molar-refractivity contribution >= 4 is 40.7 Å². The normalized spacial score (nSPS) is 26.0. The average molecular weight is 1010 g/mol. The van der Waals surface area contributed by atoms with Gasteiger partial charge in [0.25, 0.3) is 0 Å². The molecule has 2 aromatic rings. The van der Waals surface area contributed by atoms with E-state index in [9.17, 15) is 28.2 Å². The molecule has 7 rings (SSSR count). The molecule has 2 bridgehead atoms. The minimum absolute atomic E-state index is 0.0348. The minimum Gasteiger partial charge on any atom is -0.434 e. The molecule has 3 N–H and O–H groups in total. The fourth-order valence-electron chi connectivity index (χ4n) is 10.3. The molecule has 17 nitrogen and oxygen atoms in total. The Kier molecular flexibility index (Phi) is 20.9. The number of amides is 5. The Morgan fingerprint density at radius 2 is 1.66 bits per heavy atom. The van der Waals surface area contributed by atoms with Crippen molar-refractivity contribution in [1.29, 1.82) is 0 Å². The van der Waals surface area contributed by atoms with Crippen molar-refractivity contribution < 1.29 is 56.9 Å². The lowest BCUT2D eigenvalue weighted by atomic mass is 9.62. The number of ether oxygens (including phenoxy) is 4. The Balaban J connectivity index is 0.000000937. The predicted octanol–water partition coefficient (Wildman–Crippen LogP) is 7.17. The molecule has 3 aliphatic heterocycles. The smallest absolute Gasteiger partial charge is 0.434 e. The van der Waals surface area contributed by atoms with Crippen LogP contribution < -0.4 is 16.0 Å². The van der Waals surface area contributed by atoms with Crippen molar-refractivity contribution in [2.24, 2.45) is 23.7 Å². The summed E-state index contributed by atoms with van der Waals surface area (Å²) in [6.45, 7) is 12.8. The van der Waals surface area contributed by atoms with E-state index in [1.807, 2.05) is 17.0 Å². The quantitative estimate of drug-likeness (QED) is 0.0688. The maximum absolute atomic E-state index is 13.5. The molecule has 2 aromatic carbocycles. The second-order valence-electron chi connectivity index (χ2n) is 20.2. The third-order valence-electron chi connectivity index (χ3n) is 14.0. The molecule has 5 aliphatic rings. The summed E-state index contributed by atoms with van der Waals surface area (Å²) in [7, 11) is -1.41. The topological polar surface area (TPSA) is 200 Å². The standard InChI is InChI=1S/C45H67N5O12S.C8H10/c1-32-27-34-29-33(2)45(35(28-32)30-34)60-44(61-62-45,15-14-38(51)46-17-9-20-49-19-8-13-39(49)52)16-23-58-42(55)59-43(3,4)31-37(48-41(54)50-21-24-57-25-22-50)40(53)47-18-10-26-63(56)36-11-6-5-7-12-36;1-2-8-6-4-3-5-7-8/h5-7,10-12,26,32-35,37H,8-9,13-25,27-31H2,1-4H3,(H,46,51)(H,47,53)(H,48,54);3-7H,2H2,1H3/b26-10+;. The van der Waals surface area contributed by atoms with Crippen LogP contribution in [0.3, 0.4) is 0 Å². The highest BCUT2D eigenvalue weighted by Crippen LogP contribution is 2.57. The van der Waals surface area contributed by atoms with Crippen LogP contribution in [0.1, 0.15) is 111 Å². The van der Waals surface area contributed by atoms with Gasteiger partial charge in [-0.2, -0.15) is 9.78 Å². The van der Waals surface area contributed by atoms with Gasteiger partial charge in [-0.1, -0.05) is 75.4 Å². The Bertz CT molecular complexity index is 2100. The summed E-state index contributed by atoms with van der Waals surface area (Å²) in [6, 6.07) is 17.8. The molecular weight excluding hydrogens is 931 g/mol. The lowest BCUT2D eigenvalue weighted by molar-refractivity contribution is -0.379. The van der Waals surface area contributed by atoms with E-state index >= 15 is 0 Å². The Hall–Kier alpha value is -4.88. The number of nitrogens with one attached hydrogen (secondary N) is 3. The maximum atomic E-state index is 13.5. The van der Waals surface area contributed by atoms with Gasteiger partial charge in [0.1, 0.15) is 18.2 Å². The summed E-state index contributed by atoms with van der Waals surface area (Å²) < 4.78 is 36.2. The summed E-state index contributed by atoms with van der Waals surface area (Å²) in [5.41, 5.74) is 0.117. The Morgan fingerprint density at radius 3 is 2.35 bits per heavy atom. The van der Waals surface area contributed by atoms with Crippen LogP contribution in [0.4, 0.5) is 9.59 Å². The molecule has 5 amide bonds. The van der Waals surface area contributed by atoms with Gasteiger partial charge >= 0.3 is 12.2 Å². The van der Waals surface area contributed by atoms with Crippen molar-refractivity contribution in [3.8, 4) is 0 Å². The van der Waals surface area contributed by atoms with Crippen LogP contribution in [0.25, 0.3) is 0 Å². The van der Waals surface area contributed by atoms with E-state index in [-0.39, 0.29) is 62.5 Å². The number of aryl methyl sites for hydroxylation is 1. The van der Waals surface area contributed by atoms with Gasteiger partial charge in [0.05, 0.1) is 24.0 Å². The van der Waals surface area contributed by atoms with Gasteiger partial charge in [-0.05, 0) is 88.3 Å². The number of fused-ring (bicyclic) bond motifs is 3. The van der Waals surface area contributed by atoms with Crippen molar-refractivity contribution in [2.45, 2.75) is 140 Å². The van der Waals surface area contributed by atoms with E-state index in [1.54, 1.807) is 49.1 Å². The number of nitrogens with zero attached hydrogens (tertiary/aromatic N) is 2. The van der Waals surface area contributed by atoms with Crippen LogP contribution in [0.15, 0.2) is 77.0 Å². The number of morpholine rings is 1. The van der Waals surface area contributed by atoms with E-state index < -0.39 is 52.1 Å². The Labute approximate surface area is 422 Å². The fourth-order valence-corrected chi connectivity index (χ4v) is 11.2. The summed E-state index contributed by atoms with van der Waals surface area (Å²) in [5.74, 6) is -1.72. The fraction of sp³-hybridized carbons (Fsp3) is 0.642. The van der Waals surface area contributed by atoms with Crippen molar-refractivity contribution in [1.82, 2.24) is 25.8 Å². The molecule has 8 unspecified atom stereocenters. The monoisotopic (exact) mass is 1010 g/mol. The minimum atomic E-state index is -1.41. The average Bonchev–Trinajstić information content (AvgIpc) is 3.97. The van der Waals surface area contributed by atoms with E-state index in [0.717, 1.165) is 38.6 Å². The number of hydrogen-bond donors (Lipinski definition) is 3. The SMILES string of the molecule is CC1CC2CC(C)C3(OOC(CCOC(=O)OC(C)(C)CC(NC(=O)N4CCOCC4)C(=O)NC/C=C/S(=O)c4ccccc4)(CCC(=O)NCCCN4CCCC4=O)O3)C(C1)C2.CCc1ccccc1. The summed E-state index contributed by atoms with van der Waals surface area (Å²) in [5, 5.41) is 9.98.